The first-order valence-electron chi connectivity index (χ1n) is 9.45. The van der Waals surface area contributed by atoms with Gasteiger partial charge in [0.2, 0.25) is 0 Å². The van der Waals surface area contributed by atoms with Crippen molar-refractivity contribution in [1.82, 2.24) is 14.5 Å². The van der Waals surface area contributed by atoms with E-state index in [0.717, 1.165) is 39.7 Å². The number of aromatic nitrogens is 2. The lowest BCUT2D eigenvalue weighted by atomic mass is 10.00. The van der Waals surface area contributed by atoms with Crippen molar-refractivity contribution in [2.24, 2.45) is 0 Å². The van der Waals surface area contributed by atoms with E-state index >= 15 is 0 Å². The lowest BCUT2D eigenvalue weighted by Gasteiger charge is -2.20. The van der Waals surface area contributed by atoms with Crippen LogP contribution in [0.1, 0.15) is 17.3 Å². The molecule has 0 saturated heterocycles. The van der Waals surface area contributed by atoms with Crippen LogP contribution in [-0.4, -0.2) is 45.7 Å². The molecule has 5 nitrogen and oxygen atoms in total. The molecule has 0 aliphatic heterocycles. The van der Waals surface area contributed by atoms with E-state index < -0.39 is 5.97 Å². The molecule has 1 N–H and O–H groups in total. The quantitative estimate of drug-likeness (QED) is 0.486. The second-order valence-electron chi connectivity index (χ2n) is 7.49. The minimum atomic E-state index is -0.919. The fourth-order valence-electron chi connectivity index (χ4n) is 3.52. The molecule has 3 aromatic heterocycles. The van der Waals surface area contributed by atoms with Crippen molar-refractivity contribution in [3.8, 4) is 22.3 Å². The minimum Gasteiger partial charge on any atom is -0.478 e. The molecule has 0 amide bonds. The van der Waals surface area contributed by atoms with Gasteiger partial charge in [0.1, 0.15) is 0 Å². The molecule has 4 aromatic rings. The third kappa shape index (κ3) is 3.69. The van der Waals surface area contributed by atoms with Gasteiger partial charge in [-0.15, -0.1) is 0 Å². The average molecular weight is 406 g/mol. The number of pyridine rings is 1. The molecule has 0 spiro atoms. The summed E-state index contributed by atoms with van der Waals surface area (Å²) >= 11 is 1.64. The predicted octanol–water partition coefficient (Wildman–Crippen LogP) is 5.08. The molecule has 1 atom stereocenters. The van der Waals surface area contributed by atoms with Gasteiger partial charge >= 0.3 is 5.97 Å². The molecule has 0 aliphatic rings. The maximum atomic E-state index is 12.0. The van der Waals surface area contributed by atoms with Crippen molar-refractivity contribution < 1.29 is 9.90 Å². The van der Waals surface area contributed by atoms with Crippen molar-refractivity contribution in [2.75, 3.05) is 14.1 Å². The van der Waals surface area contributed by atoms with E-state index in [1.165, 1.54) is 0 Å². The number of benzene rings is 1. The molecule has 0 saturated carbocycles. The number of aromatic carboxylic acids is 1. The van der Waals surface area contributed by atoms with Gasteiger partial charge in [0.25, 0.3) is 0 Å². The second kappa shape index (κ2) is 7.81. The Hall–Kier alpha value is -2.96. The number of carboxylic acid groups (broad SMARTS) is 1. The number of nitrogens with zero attached hydrogens (tertiary/aromatic N) is 3. The summed E-state index contributed by atoms with van der Waals surface area (Å²) in [4.78, 5) is 18.6. The third-order valence-electron chi connectivity index (χ3n) is 5.38. The highest BCUT2D eigenvalue weighted by atomic mass is 32.1. The van der Waals surface area contributed by atoms with Crippen molar-refractivity contribution >= 4 is 28.2 Å². The van der Waals surface area contributed by atoms with Gasteiger partial charge in [-0.3, -0.25) is 4.98 Å². The van der Waals surface area contributed by atoms with E-state index in [4.69, 9.17) is 0 Å². The van der Waals surface area contributed by atoms with Crippen LogP contribution in [0.15, 0.2) is 59.7 Å². The molecular weight excluding hydrogens is 382 g/mol. The summed E-state index contributed by atoms with van der Waals surface area (Å²) < 4.78 is 2.15. The van der Waals surface area contributed by atoms with Crippen LogP contribution in [0.2, 0.25) is 0 Å². The van der Waals surface area contributed by atoms with Gasteiger partial charge in [0.05, 0.1) is 5.56 Å². The smallest absolute Gasteiger partial charge is 0.336 e. The fourth-order valence-corrected chi connectivity index (χ4v) is 4.19. The molecule has 29 heavy (non-hydrogen) atoms. The zero-order chi connectivity index (χ0) is 20.5. The summed E-state index contributed by atoms with van der Waals surface area (Å²) in [5.74, 6) is -0.919. The summed E-state index contributed by atoms with van der Waals surface area (Å²) in [6.45, 7) is 2.93. The van der Waals surface area contributed by atoms with Crippen molar-refractivity contribution in [2.45, 2.75) is 19.5 Å². The number of carboxylic acids is 1. The topological polar surface area (TPSA) is 58.4 Å². The maximum Gasteiger partial charge on any atom is 0.336 e. The first-order valence-corrected chi connectivity index (χ1v) is 10.4. The Morgan fingerprint density at radius 3 is 2.69 bits per heavy atom. The largest absolute Gasteiger partial charge is 0.478 e. The zero-order valence-corrected chi connectivity index (χ0v) is 17.5. The maximum absolute atomic E-state index is 12.0. The molecule has 148 valence electrons. The number of hydrogen-bond donors (Lipinski definition) is 1. The molecule has 0 radical (unpaired) electrons. The normalized spacial score (nSPS) is 12.6. The molecule has 1 unspecified atom stereocenters. The van der Waals surface area contributed by atoms with Crippen LogP contribution in [0, 0.1) is 0 Å². The van der Waals surface area contributed by atoms with E-state index in [2.05, 4.69) is 45.1 Å². The zero-order valence-electron chi connectivity index (χ0n) is 16.7. The number of hydrogen-bond acceptors (Lipinski definition) is 4. The van der Waals surface area contributed by atoms with E-state index in [1.807, 2.05) is 44.0 Å². The third-order valence-corrected chi connectivity index (χ3v) is 6.07. The Bertz CT molecular complexity index is 1160. The summed E-state index contributed by atoms with van der Waals surface area (Å²) in [5, 5.41) is 14.7. The van der Waals surface area contributed by atoms with Crippen LogP contribution in [0.3, 0.4) is 0 Å². The highest BCUT2D eigenvalue weighted by Crippen LogP contribution is 2.35. The van der Waals surface area contributed by atoms with Gasteiger partial charge in [-0.1, -0.05) is 6.07 Å². The van der Waals surface area contributed by atoms with Crippen LogP contribution in [0.4, 0.5) is 0 Å². The van der Waals surface area contributed by atoms with E-state index in [9.17, 15) is 9.90 Å². The molecule has 1 aromatic carbocycles. The Labute approximate surface area is 173 Å². The second-order valence-corrected chi connectivity index (χ2v) is 8.27. The molecule has 0 bridgehead atoms. The van der Waals surface area contributed by atoms with Gasteiger partial charge < -0.3 is 14.6 Å². The summed E-state index contributed by atoms with van der Waals surface area (Å²) in [5.41, 5.74) is 5.20. The number of rotatable bonds is 6. The van der Waals surface area contributed by atoms with Gasteiger partial charge in [-0.2, -0.15) is 11.3 Å². The van der Waals surface area contributed by atoms with Gasteiger partial charge in [0, 0.05) is 58.8 Å². The number of fused-ring (bicyclic) bond motifs is 1. The summed E-state index contributed by atoms with van der Waals surface area (Å²) in [6, 6.07) is 9.93. The van der Waals surface area contributed by atoms with Crippen molar-refractivity contribution in [1.29, 1.82) is 0 Å². The van der Waals surface area contributed by atoms with Crippen LogP contribution in [0.25, 0.3) is 33.2 Å². The Kier molecular flexibility index (Phi) is 5.22. The average Bonchev–Trinajstić information content (AvgIpc) is 3.36. The lowest BCUT2D eigenvalue weighted by Crippen LogP contribution is -2.28. The van der Waals surface area contributed by atoms with Crippen LogP contribution in [-0.2, 0) is 6.54 Å². The van der Waals surface area contributed by atoms with Crippen LogP contribution < -0.4 is 0 Å². The summed E-state index contributed by atoms with van der Waals surface area (Å²) in [6.07, 6.45) is 5.71. The number of carbonyl (C=O) groups is 1. The SMILES string of the molecule is CC(Cn1cc(-c2cncc(-c3ccsc3)c2)c2c(C(=O)O)cccc21)N(C)C. The lowest BCUT2D eigenvalue weighted by molar-refractivity contribution is 0.0699. The highest BCUT2D eigenvalue weighted by Gasteiger charge is 2.19. The predicted molar refractivity (Wildman–Crippen MR) is 119 cm³/mol. The van der Waals surface area contributed by atoms with E-state index in [0.29, 0.717) is 11.6 Å². The van der Waals surface area contributed by atoms with Crippen molar-refractivity contribution in [3.63, 3.8) is 0 Å². The van der Waals surface area contributed by atoms with E-state index in [-0.39, 0.29) is 0 Å². The van der Waals surface area contributed by atoms with Gasteiger partial charge in [0.15, 0.2) is 0 Å². The standard InChI is InChI=1S/C23H23N3O2S/c1-15(25(2)3)12-26-13-20(22-19(23(27)28)5-4-6-21(22)26)18-9-17(10-24-11-18)16-7-8-29-14-16/h4-11,13-15H,12H2,1-3H3,(H,27,28). The fraction of sp³-hybridized carbons (Fsp3) is 0.217. The number of thiophene rings is 1. The molecular formula is C23H23N3O2S. The Morgan fingerprint density at radius 1 is 1.21 bits per heavy atom. The Balaban J connectivity index is 1.92. The molecule has 0 aliphatic carbocycles. The Morgan fingerprint density at radius 2 is 2.00 bits per heavy atom. The highest BCUT2D eigenvalue weighted by molar-refractivity contribution is 7.08. The molecule has 4 rings (SSSR count). The molecule has 6 heteroatoms. The first kappa shape index (κ1) is 19.4. The molecule has 0 fully saturated rings. The van der Waals surface area contributed by atoms with Crippen LogP contribution >= 0.6 is 11.3 Å². The van der Waals surface area contributed by atoms with Gasteiger partial charge in [-0.05, 0) is 61.6 Å². The van der Waals surface area contributed by atoms with Crippen molar-refractivity contribution in [3.05, 3.63) is 65.2 Å². The van der Waals surface area contributed by atoms with Crippen LogP contribution in [0.5, 0.6) is 0 Å². The van der Waals surface area contributed by atoms with E-state index in [1.54, 1.807) is 17.4 Å². The minimum absolute atomic E-state index is 0.308. The molecule has 3 heterocycles. The monoisotopic (exact) mass is 405 g/mol. The number of likely N-dealkylation sites (N-methyl/N-ethyl adjacent to an activating group) is 1. The summed E-state index contributed by atoms with van der Waals surface area (Å²) in [7, 11) is 4.10. The van der Waals surface area contributed by atoms with Gasteiger partial charge in [-0.25, -0.2) is 4.79 Å². The first-order chi connectivity index (χ1) is 14.0.